The first-order chi connectivity index (χ1) is 12.4. The summed E-state index contributed by atoms with van der Waals surface area (Å²) in [6.45, 7) is 6.47. The second-order valence-corrected chi connectivity index (χ2v) is 8.66. The molecular formula is C18H26N2O5S. The zero-order valence-corrected chi connectivity index (χ0v) is 16.1. The van der Waals surface area contributed by atoms with Crippen molar-refractivity contribution < 1.29 is 22.7 Å². The van der Waals surface area contributed by atoms with Gasteiger partial charge < -0.3 is 14.4 Å². The molecule has 7 nitrogen and oxygen atoms in total. The number of aryl methyl sites for hydroxylation is 1. The lowest BCUT2D eigenvalue weighted by atomic mass is 9.94. The Labute approximate surface area is 154 Å². The van der Waals surface area contributed by atoms with Gasteiger partial charge in [-0.3, -0.25) is 4.79 Å². The Bertz CT molecular complexity index is 766. The maximum atomic E-state index is 13.1. The van der Waals surface area contributed by atoms with E-state index in [4.69, 9.17) is 9.47 Å². The molecule has 1 aromatic rings. The van der Waals surface area contributed by atoms with Crippen LogP contribution in [0, 0.1) is 6.92 Å². The van der Waals surface area contributed by atoms with E-state index in [2.05, 4.69) is 4.72 Å². The number of carbonyl (C=O) groups is 1. The van der Waals surface area contributed by atoms with Gasteiger partial charge in [-0.25, -0.2) is 13.1 Å². The monoisotopic (exact) mass is 382 g/mol. The molecule has 144 valence electrons. The molecule has 2 saturated heterocycles. The zero-order valence-electron chi connectivity index (χ0n) is 15.3. The summed E-state index contributed by atoms with van der Waals surface area (Å²) in [5.41, 5.74) is 0.733. The molecule has 2 aliphatic rings. The SMILES string of the molecule is CCNS(=O)(=O)c1ccc(C)c(C(=O)N2CCOC3(CCCOC3)C2)c1. The molecule has 26 heavy (non-hydrogen) atoms. The molecule has 1 unspecified atom stereocenters. The summed E-state index contributed by atoms with van der Waals surface area (Å²) in [4.78, 5) is 15.0. The molecule has 1 spiro atoms. The minimum absolute atomic E-state index is 0.109. The second-order valence-electron chi connectivity index (χ2n) is 6.89. The van der Waals surface area contributed by atoms with Crippen molar-refractivity contribution in [3.8, 4) is 0 Å². The fourth-order valence-corrected chi connectivity index (χ4v) is 4.59. The molecule has 0 radical (unpaired) electrons. The average Bonchev–Trinajstić information content (AvgIpc) is 2.62. The summed E-state index contributed by atoms with van der Waals surface area (Å²) < 4.78 is 38.5. The standard InChI is InChI=1S/C18H26N2O5S/c1-3-19-26(22,23)15-6-5-14(2)16(11-15)17(21)20-8-10-25-18(12-20)7-4-9-24-13-18/h5-6,11,19H,3-4,7-10,12-13H2,1-2H3. The summed E-state index contributed by atoms with van der Waals surface area (Å²) in [6, 6.07) is 4.67. The normalized spacial score (nSPS) is 24.0. The number of carbonyl (C=O) groups excluding carboxylic acids is 1. The predicted octanol–water partition coefficient (Wildman–Crippen LogP) is 1.31. The first-order valence-electron chi connectivity index (χ1n) is 8.98. The summed E-state index contributed by atoms with van der Waals surface area (Å²) in [7, 11) is -3.61. The number of morpholine rings is 1. The van der Waals surface area contributed by atoms with Crippen molar-refractivity contribution in [3.63, 3.8) is 0 Å². The van der Waals surface area contributed by atoms with Crippen LogP contribution in [0.25, 0.3) is 0 Å². The number of ether oxygens (including phenoxy) is 2. The van der Waals surface area contributed by atoms with Gasteiger partial charge in [0.1, 0.15) is 5.60 Å². The molecule has 8 heteroatoms. The van der Waals surface area contributed by atoms with Crippen LogP contribution in [0.5, 0.6) is 0 Å². The molecule has 0 bridgehead atoms. The Morgan fingerprint density at radius 1 is 1.35 bits per heavy atom. The summed E-state index contributed by atoms with van der Waals surface area (Å²) in [5, 5.41) is 0. The van der Waals surface area contributed by atoms with Crippen molar-refractivity contribution in [1.29, 1.82) is 0 Å². The van der Waals surface area contributed by atoms with Crippen molar-refractivity contribution in [2.24, 2.45) is 0 Å². The molecule has 2 fully saturated rings. The van der Waals surface area contributed by atoms with Crippen LogP contribution in [0.1, 0.15) is 35.7 Å². The third-order valence-corrected chi connectivity index (χ3v) is 6.45. The minimum atomic E-state index is -3.61. The number of rotatable bonds is 4. The van der Waals surface area contributed by atoms with Gasteiger partial charge in [0, 0.05) is 25.3 Å². The number of sulfonamides is 1. The van der Waals surface area contributed by atoms with E-state index in [0.717, 1.165) is 25.0 Å². The van der Waals surface area contributed by atoms with Gasteiger partial charge in [0.15, 0.2) is 0 Å². The Hall–Kier alpha value is -1.48. The number of benzene rings is 1. The smallest absolute Gasteiger partial charge is 0.254 e. The van der Waals surface area contributed by atoms with E-state index in [-0.39, 0.29) is 10.8 Å². The topological polar surface area (TPSA) is 84.9 Å². The van der Waals surface area contributed by atoms with Crippen LogP contribution in [0.3, 0.4) is 0 Å². The molecule has 1 N–H and O–H groups in total. The van der Waals surface area contributed by atoms with Gasteiger partial charge in [-0.15, -0.1) is 0 Å². The summed E-state index contributed by atoms with van der Waals surface area (Å²) in [6.07, 6.45) is 1.78. The fourth-order valence-electron chi connectivity index (χ4n) is 3.53. The third-order valence-electron chi connectivity index (χ3n) is 4.91. The van der Waals surface area contributed by atoms with Crippen molar-refractivity contribution in [2.45, 2.75) is 37.2 Å². The molecule has 2 aliphatic heterocycles. The lowest BCUT2D eigenvalue weighted by Gasteiger charge is -2.44. The maximum Gasteiger partial charge on any atom is 0.254 e. The minimum Gasteiger partial charge on any atom is -0.378 e. The number of nitrogens with one attached hydrogen (secondary N) is 1. The van der Waals surface area contributed by atoms with Crippen LogP contribution in [0.2, 0.25) is 0 Å². The van der Waals surface area contributed by atoms with E-state index < -0.39 is 15.6 Å². The highest BCUT2D eigenvalue weighted by Gasteiger charge is 2.40. The third kappa shape index (κ3) is 3.93. The number of nitrogens with zero attached hydrogens (tertiary/aromatic N) is 1. The lowest BCUT2D eigenvalue weighted by Crippen LogP contribution is -2.57. The number of amides is 1. The second kappa shape index (κ2) is 7.64. The Morgan fingerprint density at radius 2 is 2.15 bits per heavy atom. The molecule has 1 atom stereocenters. The van der Waals surface area contributed by atoms with E-state index in [1.54, 1.807) is 17.9 Å². The highest BCUT2D eigenvalue weighted by Crippen LogP contribution is 2.29. The van der Waals surface area contributed by atoms with E-state index in [0.29, 0.717) is 38.4 Å². The van der Waals surface area contributed by atoms with Crippen molar-refractivity contribution in [2.75, 3.05) is 39.5 Å². The van der Waals surface area contributed by atoms with Crippen LogP contribution in [-0.4, -0.2) is 64.3 Å². The predicted molar refractivity (Wildman–Crippen MR) is 96.7 cm³/mol. The molecular weight excluding hydrogens is 356 g/mol. The van der Waals surface area contributed by atoms with Crippen LogP contribution in [-0.2, 0) is 19.5 Å². The van der Waals surface area contributed by atoms with Gasteiger partial charge >= 0.3 is 0 Å². The van der Waals surface area contributed by atoms with Gasteiger partial charge in [-0.05, 0) is 37.5 Å². The zero-order chi connectivity index (χ0) is 18.8. The lowest BCUT2D eigenvalue weighted by molar-refractivity contribution is -0.160. The molecule has 0 aromatic heterocycles. The Kier molecular flexibility index (Phi) is 5.67. The molecule has 1 aromatic carbocycles. The van der Waals surface area contributed by atoms with Crippen molar-refractivity contribution in [3.05, 3.63) is 29.3 Å². The Morgan fingerprint density at radius 3 is 2.85 bits per heavy atom. The van der Waals surface area contributed by atoms with Crippen LogP contribution in [0.4, 0.5) is 0 Å². The van der Waals surface area contributed by atoms with E-state index in [9.17, 15) is 13.2 Å². The van der Waals surface area contributed by atoms with Gasteiger partial charge in [0.05, 0.1) is 24.7 Å². The number of hydrogen-bond acceptors (Lipinski definition) is 5. The van der Waals surface area contributed by atoms with Crippen LogP contribution >= 0.6 is 0 Å². The molecule has 3 rings (SSSR count). The van der Waals surface area contributed by atoms with Crippen LogP contribution < -0.4 is 4.72 Å². The van der Waals surface area contributed by atoms with Gasteiger partial charge in [-0.1, -0.05) is 13.0 Å². The first-order valence-corrected chi connectivity index (χ1v) is 10.5. The molecule has 2 heterocycles. The van der Waals surface area contributed by atoms with Gasteiger partial charge in [-0.2, -0.15) is 0 Å². The summed E-state index contributed by atoms with van der Waals surface area (Å²) in [5.74, 6) is -0.163. The van der Waals surface area contributed by atoms with E-state index in [1.165, 1.54) is 12.1 Å². The Balaban J connectivity index is 1.85. The van der Waals surface area contributed by atoms with Crippen molar-refractivity contribution in [1.82, 2.24) is 9.62 Å². The fraction of sp³-hybridized carbons (Fsp3) is 0.611. The van der Waals surface area contributed by atoms with Gasteiger partial charge in [0.2, 0.25) is 10.0 Å². The summed E-state index contributed by atoms with van der Waals surface area (Å²) >= 11 is 0. The van der Waals surface area contributed by atoms with Gasteiger partial charge in [0.25, 0.3) is 5.91 Å². The quantitative estimate of drug-likeness (QED) is 0.849. The molecule has 0 aliphatic carbocycles. The van der Waals surface area contributed by atoms with Crippen LogP contribution in [0.15, 0.2) is 23.1 Å². The van der Waals surface area contributed by atoms with Crippen molar-refractivity contribution >= 4 is 15.9 Å². The highest BCUT2D eigenvalue weighted by atomic mass is 32.2. The molecule has 0 saturated carbocycles. The van der Waals surface area contributed by atoms with E-state index in [1.807, 2.05) is 6.92 Å². The average molecular weight is 382 g/mol. The first kappa shape index (κ1) is 19.3. The number of hydrogen-bond donors (Lipinski definition) is 1. The highest BCUT2D eigenvalue weighted by molar-refractivity contribution is 7.89. The largest absolute Gasteiger partial charge is 0.378 e. The molecule has 1 amide bonds. The van der Waals surface area contributed by atoms with E-state index >= 15 is 0 Å². The maximum absolute atomic E-state index is 13.1.